The second kappa shape index (κ2) is 8.05. The standard InChI is InChI=1S/C16H22F2N4O2/c1-11(2)19-15(23)10-21-5-7-22(8-6-21)16(24)20-14-4-3-12(17)9-13(14)18/h3-4,9,11H,5-8,10H2,1-2H3,(H,19,23)(H,20,24). The number of halogens is 2. The van der Waals surface area contributed by atoms with Crippen molar-refractivity contribution in [1.82, 2.24) is 15.1 Å². The summed E-state index contributed by atoms with van der Waals surface area (Å²) >= 11 is 0. The SMILES string of the molecule is CC(C)NC(=O)CN1CCN(C(=O)Nc2ccc(F)cc2F)CC1. The molecule has 1 aromatic rings. The molecule has 0 radical (unpaired) electrons. The number of hydrogen-bond donors (Lipinski definition) is 2. The van der Waals surface area contributed by atoms with E-state index in [2.05, 4.69) is 10.6 Å². The molecule has 0 aliphatic carbocycles. The molecule has 24 heavy (non-hydrogen) atoms. The Hall–Kier alpha value is -2.22. The van der Waals surface area contributed by atoms with Gasteiger partial charge in [0, 0.05) is 38.3 Å². The highest BCUT2D eigenvalue weighted by Gasteiger charge is 2.23. The summed E-state index contributed by atoms with van der Waals surface area (Å²) in [4.78, 5) is 27.4. The van der Waals surface area contributed by atoms with E-state index in [1.54, 1.807) is 4.90 Å². The van der Waals surface area contributed by atoms with Gasteiger partial charge < -0.3 is 15.5 Å². The van der Waals surface area contributed by atoms with Crippen molar-refractivity contribution in [1.29, 1.82) is 0 Å². The van der Waals surface area contributed by atoms with Crippen LogP contribution in [0.5, 0.6) is 0 Å². The number of carbonyl (C=O) groups is 2. The minimum absolute atomic E-state index is 0.0451. The number of carbonyl (C=O) groups excluding carboxylic acids is 2. The Labute approximate surface area is 139 Å². The lowest BCUT2D eigenvalue weighted by molar-refractivity contribution is -0.123. The molecule has 1 saturated heterocycles. The maximum Gasteiger partial charge on any atom is 0.322 e. The molecule has 0 saturated carbocycles. The molecule has 0 atom stereocenters. The number of urea groups is 1. The van der Waals surface area contributed by atoms with Crippen LogP contribution in [0.1, 0.15) is 13.8 Å². The first-order valence-corrected chi connectivity index (χ1v) is 7.88. The molecule has 1 fully saturated rings. The van der Waals surface area contributed by atoms with Crippen molar-refractivity contribution in [3.05, 3.63) is 29.8 Å². The highest BCUT2D eigenvalue weighted by atomic mass is 19.1. The van der Waals surface area contributed by atoms with Gasteiger partial charge in [-0.05, 0) is 26.0 Å². The lowest BCUT2D eigenvalue weighted by Crippen LogP contribution is -2.52. The molecular weight excluding hydrogens is 318 g/mol. The van der Waals surface area contributed by atoms with E-state index in [9.17, 15) is 18.4 Å². The maximum absolute atomic E-state index is 13.6. The van der Waals surface area contributed by atoms with Crippen LogP contribution in [-0.2, 0) is 4.79 Å². The van der Waals surface area contributed by atoms with E-state index in [1.807, 2.05) is 18.7 Å². The fourth-order valence-electron chi connectivity index (χ4n) is 2.46. The van der Waals surface area contributed by atoms with Crippen molar-refractivity contribution in [2.24, 2.45) is 0 Å². The predicted molar refractivity (Wildman–Crippen MR) is 86.7 cm³/mol. The van der Waals surface area contributed by atoms with Crippen LogP contribution >= 0.6 is 0 Å². The number of nitrogens with zero attached hydrogens (tertiary/aromatic N) is 2. The van der Waals surface area contributed by atoms with E-state index in [0.29, 0.717) is 32.7 Å². The number of amides is 3. The van der Waals surface area contributed by atoms with Gasteiger partial charge in [-0.25, -0.2) is 13.6 Å². The number of hydrogen-bond acceptors (Lipinski definition) is 3. The van der Waals surface area contributed by atoms with Gasteiger partial charge in [0.05, 0.1) is 12.2 Å². The molecule has 1 aliphatic heterocycles. The zero-order chi connectivity index (χ0) is 17.7. The van der Waals surface area contributed by atoms with Crippen LogP contribution < -0.4 is 10.6 Å². The lowest BCUT2D eigenvalue weighted by Gasteiger charge is -2.34. The van der Waals surface area contributed by atoms with Gasteiger partial charge >= 0.3 is 6.03 Å². The van der Waals surface area contributed by atoms with Gasteiger partial charge in [0.2, 0.25) is 5.91 Å². The number of nitrogens with one attached hydrogen (secondary N) is 2. The van der Waals surface area contributed by atoms with E-state index >= 15 is 0 Å². The molecular formula is C16H22F2N4O2. The maximum atomic E-state index is 13.6. The van der Waals surface area contributed by atoms with Gasteiger partial charge in [-0.15, -0.1) is 0 Å². The summed E-state index contributed by atoms with van der Waals surface area (Å²) in [5.74, 6) is -1.55. The van der Waals surface area contributed by atoms with Gasteiger partial charge in [-0.2, -0.15) is 0 Å². The summed E-state index contributed by atoms with van der Waals surface area (Å²) in [6.45, 7) is 6.08. The zero-order valence-electron chi connectivity index (χ0n) is 13.8. The fraction of sp³-hybridized carbons (Fsp3) is 0.500. The Balaban J connectivity index is 1.81. The van der Waals surface area contributed by atoms with Crippen LogP contribution in [0.4, 0.5) is 19.3 Å². The van der Waals surface area contributed by atoms with Crippen LogP contribution in [0, 0.1) is 11.6 Å². The van der Waals surface area contributed by atoms with Gasteiger partial charge in [0.25, 0.3) is 0 Å². The summed E-state index contributed by atoms with van der Waals surface area (Å²) in [7, 11) is 0. The summed E-state index contributed by atoms with van der Waals surface area (Å²) in [5, 5.41) is 5.26. The van der Waals surface area contributed by atoms with Crippen LogP contribution in [0.15, 0.2) is 18.2 Å². The molecule has 6 nitrogen and oxygen atoms in total. The molecule has 0 unspecified atom stereocenters. The first kappa shape index (κ1) is 18.1. The smallest absolute Gasteiger partial charge is 0.322 e. The Kier molecular flexibility index (Phi) is 6.08. The topological polar surface area (TPSA) is 64.7 Å². The van der Waals surface area contributed by atoms with Crippen molar-refractivity contribution in [2.45, 2.75) is 19.9 Å². The normalized spacial score (nSPS) is 15.5. The third-order valence-electron chi connectivity index (χ3n) is 3.65. The van der Waals surface area contributed by atoms with E-state index in [0.717, 1.165) is 12.1 Å². The summed E-state index contributed by atoms with van der Waals surface area (Å²) < 4.78 is 26.4. The van der Waals surface area contributed by atoms with Crippen molar-refractivity contribution >= 4 is 17.6 Å². The second-order valence-electron chi connectivity index (χ2n) is 6.04. The Bertz CT molecular complexity index is 602. The van der Waals surface area contributed by atoms with Crippen LogP contribution in [0.3, 0.4) is 0 Å². The third-order valence-corrected chi connectivity index (χ3v) is 3.65. The van der Waals surface area contributed by atoms with Crippen molar-refractivity contribution in [3.63, 3.8) is 0 Å². The number of piperazine rings is 1. The van der Waals surface area contributed by atoms with Crippen LogP contribution in [0.2, 0.25) is 0 Å². The molecule has 0 spiro atoms. The average molecular weight is 340 g/mol. The average Bonchev–Trinajstić information content (AvgIpc) is 2.50. The van der Waals surface area contributed by atoms with Crippen LogP contribution in [0.25, 0.3) is 0 Å². The van der Waals surface area contributed by atoms with Crippen molar-refractivity contribution in [3.8, 4) is 0 Å². The zero-order valence-corrected chi connectivity index (χ0v) is 13.8. The van der Waals surface area contributed by atoms with Gasteiger partial charge in [0.15, 0.2) is 0 Å². The minimum atomic E-state index is -0.813. The third kappa shape index (κ3) is 5.16. The van der Waals surface area contributed by atoms with Crippen molar-refractivity contribution in [2.75, 3.05) is 38.0 Å². The molecule has 2 rings (SSSR count). The lowest BCUT2D eigenvalue weighted by atomic mass is 10.3. The van der Waals surface area contributed by atoms with E-state index in [1.165, 1.54) is 6.07 Å². The van der Waals surface area contributed by atoms with Gasteiger partial charge in [0.1, 0.15) is 11.6 Å². The fourth-order valence-corrected chi connectivity index (χ4v) is 2.46. The second-order valence-corrected chi connectivity index (χ2v) is 6.04. The summed E-state index contributed by atoms with van der Waals surface area (Å²) in [6.07, 6.45) is 0. The Morgan fingerprint density at radius 1 is 1.17 bits per heavy atom. The monoisotopic (exact) mass is 340 g/mol. The Morgan fingerprint density at radius 3 is 2.42 bits per heavy atom. The quantitative estimate of drug-likeness (QED) is 0.876. The molecule has 8 heteroatoms. The van der Waals surface area contributed by atoms with E-state index < -0.39 is 17.7 Å². The molecule has 1 heterocycles. The first-order valence-electron chi connectivity index (χ1n) is 7.88. The first-order chi connectivity index (χ1) is 11.3. The molecule has 132 valence electrons. The van der Waals surface area contributed by atoms with Crippen LogP contribution in [-0.4, -0.2) is 60.5 Å². The molecule has 1 aliphatic rings. The summed E-state index contributed by atoms with van der Waals surface area (Å²) in [5.41, 5.74) is -0.0554. The largest absolute Gasteiger partial charge is 0.353 e. The van der Waals surface area contributed by atoms with Gasteiger partial charge in [-0.3, -0.25) is 9.69 Å². The molecule has 0 bridgehead atoms. The number of anilines is 1. The van der Waals surface area contributed by atoms with E-state index in [-0.39, 0.29) is 17.6 Å². The Morgan fingerprint density at radius 2 is 1.83 bits per heavy atom. The molecule has 0 aromatic heterocycles. The highest BCUT2D eigenvalue weighted by Crippen LogP contribution is 2.16. The molecule has 3 amide bonds. The highest BCUT2D eigenvalue weighted by molar-refractivity contribution is 5.89. The van der Waals surface area contributed by atoms with Crippen molar-refractivity contribution < 1.29 is 18.4 Å². The summed E-state index contributed by atoms with van der Waals surface area (Å²) in [6, 6.07) is 2.65. The number of rotatable bonds is 4. The van der Waals surface area contributed by atoms with E-state index in [4.69, 9.17) is 0 Å². The molecule has 1 aromatic carbocycles. The number of benzene rings is 1. The molecule has 2 N–H and O–H groups in total. The van der Waals surface area contributed by atoms with Gasteiger partial charge in [-0.1, -0.05) is 0 Å². The predicted octanol–water partition coefficient (Wildman–Crippen LogP) is 1.64. The minimum Gasteiger partial charge on any atom is -0.353 e.